The van der Waals surface area contributed by atoms with Crippen molar-refractivity contribution >= 4 is 5.78 Å². The molecule has 3 nitrogen and oxygen atoms in total. The Hall–Kier alpha value is -0.670. The molecule has 0 saturated heterocycles. The molecule has 0 aromatic heterocycles. The highest BCUT2D eigenvalue weighted by Crippen LogP contribution is 2.66. The Bertz CT molecular complexity index is 582. The van der Waals surface area contributed by atoms with Gasteiger partial charge in [-0.25, -0.2) is 0 Å². The first-order valence-corrected chi connectivity index (χ1v) is 9.83. The molecule has 3 heteroatoms. The maximum Gasteiger partial charge on any atom is 0.133 e. The van der Waals surface area contributed by atoms with Crippen molar-refractivity contribution in [3.8, 4) is 0 Å². The molecule has 4 aliphatic carbocycles. The number of fused-ring (bicyclic) bond motifs is 5. The first-order chi connectivity index (χ1) is 11.3. The number of rotatable bonds is 1. The van der Waals surface area contributed by atoms with Gasteiger partial charge in [-0.3, -0.25) is 4.79 Å². The van der Waals surface area contributed by atoms with Gasteiger partial charge in [0, 0.05) is 5.92 Å². The third-order valence-electron chi connectivity index (χ3n) is 8.55. The van der Waals surface area contributed by atoms with Crippen molar-refractivity contribution in [3.63, 3.8) is 0 Å². The summed E-state index contributed by atoms with van der Waals surface area (Å²) in [5.74, 6) is 1.64. The Balaban J connectivity index is 1.70. The molecule has 8 atom stereocenters. The summed E-state index contributed by atoms with van der Waals surface area (Å²) in [5.41, 5.74) is 1.63. The minimum Gasteiger partial charge on any atom is -0.393 e. The lowest BCUT2D eigenvalue weighted by Crippen LogP contribution is -2.52. The van der Waals surface area contributed by atoms with Crippen molar-refractivity contribution in [2.45, 2.75) is 77.9 Å². The predicted molar refractivity (Wildman–Crippen MR) is 93.3 cm³/mol. The van der Waals surface area contributed by atoms with Gasteiger partial charge >= 0.3 is 0 Å². The van der Waals surface area contributed by atoms with Gasteiger partial charge < -0.3 is 10.2 Å². The molecule has 4 aliphatic rings. The minimum absolute atomic E-state index is 0.0255. The van der Waals surface area contributed by atoms with Crippen molar-refractivity contribution < 1.29 is 15.0 Å². The van der Waals surface area contributed by atoms with Crippen molar-refractivity contribution in [3.05, 3.63) is 11.6 Å². The monoisotopic (exact) mass is 332 g/mol. The van der Waals surface area contributed by atoms with E-state index in [4.69, 9.17) is 0 Å². The number of carbonyl (C=O) groups is 1. The number of aliphatic hydroxyl groups excluding tert-OH is 2. The van der Waals surface area contributed by atoms with Crippen molar-refractivity contribution in [1.29, 1.82) is 0 Å². The zero-order valence-electron chi connectivity index (χ0n) is 15.3. The summed E-state index contributed by atoms with van der Waals surface area (Å²) in [4.78, 5) is 12.2. The highest BCUT2D eigenvalue weighted by Gasteiger charge is 2.62. The van der Waals surface area contributed by atoms with Crippen molar-refractivity contribution in [1.82, 2.24) is 0 Å². The highest BCUT2D eigenvalue weighted by molar-refractivity contribution is 5.79. The summed E-state index contributed by atoms with van der Waals surface area (Å²) < 4.78 is 0. The smallest absolute Gasteiger partial charge is 0.133 e. The Morgan fingerprint density at radius 2 is 1.96 bits per heavy atom. The molecule has 0 aromatic carbocycles. The van der Waals surface area contributed by atoms with E-state index in [1.807, 2.05) is 0 Å². The second-order valence-electron chi connectivity index (χ2n) is 9.59. The zero-order chi connectivity index (χ0) is 17.3. The average molecular weight is 332 g/mol. The van der Waals surface area contributed by atoms with Crippen LogP contribution in [0, 0.1) is 34.5 Å². The Labute approximate surface area is 145 Å². The van der Waals surface area contributed by atoms with Crippen LogP contribution in [-0.4, -0.2) is 28.2 Å². The molecule has 2 unspecified atom stereocenters. The summed E-state index contributed by atoms with van der Waals surface area (Å²) in [5, 5.41) is 20.9. The second-order valence-corrected chi connectivity index (χ2v) is 9.59. The van der Waals surface area contributed by atoms with Gasteiger partial charge in [-0.1, -0.05) is 25.5 Å². The van der Waals surface area contributed by atoms with Crippen LogP contribution in [0.4, 0.5) is 0 Å². The Kier molecular flexibility index (Phi) is 3.78. The van der Waals surface area contributed by atoms with Gasteiger partial charge in [0.2, 0.25) is 0 Å². The summed E-state index contributed by atoms with van der Waals surface area (Å²) in [7, 11) is 0. The van der Waals surface area contributed by atoms with E-state index in [-0.39, 0.29) is 40.7 Å². The van der Waals surface area contributed by atoms with Crippen LogP contribution in [-0.2, 0) is 4.79 Å². The molecule has 4 rings (SSSR count). The fourth-order valence-corrected chi connectivity index (χ4v) is 7.34. The van der Waals surface area contributed by atoms with Crippen LogP contribution in [0.25, 0.3) is 0 Å². The lowest BCUT2D eigenvalue weighted by molar-refractivity contribution is -0.128. The van der Waals surface area contributed by atoms with Crippen LogP contribution in [0.2, 0.25) is 0 Å². The molecule has 24 heavy (non-hydrogen) atoms. The van der Waals surface area contributed by atoms with E-state index in [9.17, 15) is 15.0 Å². The van der Waals surface area contributed by atoms with E-state index in [1.165, 1.54) is 5.57 Å². The Morgan fingerprint density at radius 3 is 2.67 bits per heavy atom. The fraction of sp³-hybridized carbons (Fsp3) is 0.857. The molecule has 0 radical (unpaired) electrons. The van der Waals surface area contributed by atoms with Crippen LogP contribution in [0.3, 0.4) is 0 Å². The van der Waals surface area contributed by atoms with Crippen LogP contribution >= 0.6 is 0 Å². The summed E-state index contributed by atoms with van der Waals surface area (Å²) in [6, 6.07) is 0. The molecule has 0 spiro atoms. The number of Topliss-reactive ketones (excluding diaryl/α,β-unsaturated/α-hetero) is 1. The van der Waals surface area contributed by atoms with Crippen LogP contribution in [0.15, 0.2) is 11.6 Å². The number of carbonyl (C=O) groups excluding carboxylic acids is 1. The quantitative estimate of drug-likeness (QED) is 0.723. The lowest BCUT2D eigenvalue weighted by atomic mass is 9.47. The number of hydrogen-bond acceptors (Lipinski definition) is 3. The van der Waals surface area contributed by atoms with E-state index in [2.05, 4.69) is 19.9 Å². The van der Waals surface area contributed by atoms with E-state index in [0.29, 0.717) is 18.3 Å². The molecule has 0 aliphatic heterocycles. The maximum atomic E-state index is 12.2. The maximum absolute atomic E-state index is 12.2. The van der Waals surface area contributed by atoms with E-state index in [0.717, 1.165) is 38.5 Å². The summed E-state index contributed by atoms with van der Waals surface area (Å²) in [6.07, 6.45) is 8.58. The van der Waals surface area contributed by atoms with Gasteiger partial charge in [-0.2, -0.15) is 0 Å². The van der Waals surface area contributed by atoms with Crippen molar-refractivity contribution in [2.24, 2.45) is 34.5 Å². The number of hydrogen-bond donors (Lipinski definition) is 2. The molecule has 134 valence electrons. The first-order valence-electron chi connectivity index (χ1n) is 9.83. The summed E-state index contributed by atoms with van der Waals surface area (Å²) in [6.45, 7) is 6.37. The van der Waals surface area contributed by atoms with Gasteiger partial charge in [0.15, 0.2) is 0 Å². The molecule has 3 saturated carbocycles. The fourth-order valence-electron chi connectivity index (χ4n) is 7.34. The molecular formula is C21H32O3. The summed E-state index contributed by atoms with van der Waals surface area (Å²) >= 11 is 0. The van der Waals surface area contributed by atoms with Crippen molar-refractivity contribution in [2.75, 3.05) is 0 Å². The predicted octanol–water partition coefficient (Wildman–Crippen LogP) is 3.49. The normalized spacial score (nSPS) is 53.6. The third-order valence-corrected chi connectivity index (χ3v) is 8.55. The molecule has 2 N–H and O–H groups in total. The molecule has 0 amide bonds. The first kappa shape index (κ1) is 16.8. The molecular weight excluding hydrogens is 300 g/mol. The number of aliphatic hydroxyl groups is 2. The molecule has 0 heterocycles. The lowest BCUT2D eigenvalue weighted by Gasteiger charge is -2.58. The molecule has 0 bridgehead atoms. The SMILES string of the molecule is CC(=O)[C@H]1CC(O)[C@H]2[C@@H]3CC=C4CC(O)CC[C@]4(C)[C@H]3CC[C@]12C. The number of ketones is 1. The standard InChI is InChI=1S/C21H32O3/c1-12(22)17-11-18(24)19-15-5-4-13-10-14(23)6-8-20(13,2)16(15)7-9-21(17,19)3/h4,14-19,23-24H,5-11H2,1-3H3/t14?,15-,16+,17-,18?,19-,20+,21-/m1/s1. The highest BCUT2D eigenvalue weighted by atomic mass is 16.3. The minimum atomic E-state index is -0.329. The topological polar surface area (TPSA) is 57.5 Å². The van der Waals surface area contributed by atoms with Crippen LogP contribution in [0.1, 0.15) is 65.7 Å². The number of allylic oxidation sites excluding steroid dienone is 1. The second kappa shape index (κ2) is 5.41. The van der Waals surface area contributed by atoms with Gasteiger partial charge in [-0.15, -0.1) is 0 Å². The zero-order valence-corrected chi connectivity index (χ0v) is 15.3. The van der Waals surface area contributed by atoms with Gasteiger partial charge in [-0.05, 0) is 80.5 Å². The van der Waals surface area contributed by atoms with Gasteiger partial charge in [0.1, 0.15) is 5.78 Å². The average Bonchev–Trinajstić information content (AvgIpc) is 2.80. The van der Waals surface area contributed by atoms with Gasteiger partial charge in [0.25, 0.3) is 0 Å². The molecule has 3 fully saturated rings. The third kappa shape index (κ3) is 2.13. The van der Waals surface area contributed by atoms with E-state index < -0.39 is 0 Å². The van der Waals surface area contributed by atoms with Crippen LogP contribution < -0.4 is 0 Å². The van der Waals surface area contributed by atoms with Gasteiger partial charge in [0.05, 0.1) is 12.2 Å². The van der Waals surface area contributed by atoms with E-state index in [1.54, 1.807) is 6.92 Å². The molecule has 0 aromatic rings. The Morgan fingerprint density at radius 1 is 1.21 bits per heavy atom. The van der Waals surface area contributed by atoms with E-state index >= 15 is 0 Å². The largest absolute Gasteiger partial charge is 0.393 e. The van der Waals surface area contributed by atoms with Crippen LogP contribution in [0.5, 0.6) is 0 Å².